The van der Waals surface area contributed by atoms with Crippen LogP contribution in [0.3, 0.4) is 0 Å². The molecule has 1 aliphatic rings. The number of thiophene rings is 1. The van der Waals surface area contributed by atoms with Crippen LogP contribution in [0.15, 0.2) is 94.7 Å². The zero-order valence-electron chi connectivity index (χ0n) is 30.4. The molecule has 0 unspecified atom stereocenters. The molecule has 0 amide bonds. The molecule has 0 radical (unpaired) electrons. The number of anilines is 1. The van der Waals surface area contributed by atoms with Crippen LogP contribution in [0, 0.1) is 0 Å². The largest absolute Gasteiger partial charge is 0.472 e. The van der Waals surface area contributed by atoms with Crippen molar-refractivity contribution in [3.05, 3.63) is 107 Å². The zero-order chi connectivity index (χ0) is 33.7. The molecule has 1 aliphatic heterocycles. The predicted molar refractivity (Wildman–Crippen MR) is 198 cm³/mol. The third kappa shape index (κ3) is 14.4. The van der Waals surface area contributed by atoms with E-state index in [1.54, 1.807) is 30.1 Å². The molecule has 4 nitrogen and oxygen atoms in total. The molecule has 0 aliphatic carbocycles. The molecule has 45 heavy (non-hydrogen) atoms. The fraction of sp³-hybridized carbons (Fsp3) is 0.525. The second kappa shape index (κ2) is 17.1. The van der Waals surface area contributed by atoms with E-state index in [9.17, 15) is 0 Å². The van der Waals surface area contributed by atoms with E-state index in [-0.39, 0.29) is 10.8 Å². The number of para-hydroxylation sites is 1. The monoisotopic (exact) mass is 631 g/mol. The van der Waals surface area contributed by atoms with Crippen molar-refractivity contribution in [3.63, 3.8) is 0 Å². The Balaban J connectivity index is 0.000000219. The standard InChI is InChI=1S/C15H24N2.C9H13N.C8H12O.C8H12S/c1-15(2,3)17-11-7-10-16(12-13-17)14-8-5-4-6-9-14;1-9(2,3)8-5-4-6-10-7-8;2*1-8(2,3)7-4-5-9-6-7/h4-6,8-9H,7,10-13H2,1-3H3;4-7H,1-3H3;2*4-6H,1-3H3. The Hall–Kier alpha value is -2.89. The zero-order valence-corrected chi connectivity index (χ0v) is 31.2. The summed E-state index contributed by atoms with van der Waals surface area (Å²) in [6.07, 6.45) is 8.47. The van der Waals surface area contributed by atoms with Gasteiger partial charge in [0.1, 0.15) is 0 Å². The smallest absolute Gasteiger partial charge is 0.0939 e. The Morgan fingerprint density at radius 3 is 1.69 bits per heavy atom. The Kier molecular flexibility index (Phi) is 14.6. The van der Waals surface area contributed by atoms with Gasteiger partial charge < -0.3 is 9.32 Å². The molecule has 0 spiro atoms. The average molecular weight is 632 g/mol. The van der Waals surface area contributed by atoms with Gasteiger partial charge in [-0.15, -0.1) is 0 Å². The Bertz CT molecular complexity index is 1240. The lowest BCUT2D eigenvalue weighted by molar-refractivity contribution is 0.148. The molecule has 4 heterocycles. The first-order chi connectivity index (χ1) is 20.9. The molecule has 5 heteroatoms. The molecule has 5 rings (SSSR count). The number of rotatable bonds is 1. The molecule has 1 fully saturated rings. The highest BCUT2D eigenvalue weighted by Crippen LogP contribution is 2.24. The van der Waals surface area contributed by atoms with Crippen LogP contribution in [0.25, 0.3) is 0 Å². The number of hydrogen-bond donors (Lipinski definition) is 0. The van der Waals surface area contributed by atoms with Crippen LogP contribution in [0.5, 0.6) is 0 Å². The van der Waals surface area contributed by atoms with Crippen LogP contribution in [-0.2, 0) is 16.2 Å². The number of nitrogens with zero attached hydrogens (tertiary/aromatic N) is 3. The van der Waals surface area contributed by atoms with Crippen LogP contribution < -0.4 is 4.90 Å². The predicted octanol–water partition coefficient (Wildman–Crippen LogP) is 11.0. The van der Waals surface area contributed by atoms with Crippen molar-refractivity contribution in [2.75, 3.05) is 31.1 Å². The van der Waals surface area contributed by atoms with Gasteiger partial charge in [-0.3, -0.25) is 9.88 Å². The normalized spacial score (nSPS) is 14.5. The molecular formula is C40H61N3OS. The fourth-order valence-electron chi connectivity index (χ4n) is 4.67. The topological polar surface area (TPSA) is 32.5 Å². The van der Waals surface area contributed by atoms with E-state index in [1.807, 2.05) is 18.3 Å². The van der Waals surface area contributed by atoms with E-state index in [2.05, 4.69) is 151 Å². The SMILES string of the molecule is CC(C)(C)N1CCCN(c2ccccc2)CC1.CC(C)(C)c1cccnc1.CC(C)(C)c1ccoc1.CC(C)(C)c1ccsc1. The van der Waals surface area contributed by atoms with E-state index in [1.165, 1.54) is 48.4 Å². The molecule has 0 bridgehead atoms. The lowest BCUT2D eigenvalue weighted by atomic mass is 9.88. The molecule has 248 valence electrons. The highest BCUT2D eigenvalue weighted by molar-refractivity contribution is 7.08. The van der Waals surface area contributed by atoms with Gasteiger partial charge >= 0.3 is 0 Å². The molecule has 4 aromatic rings. The van der Waals surface area contributed by atoms with Gasteiger partial charge in [-0.05, 0) is 101 Å². The number of aromatic nitrogens is 1. The maximum absolute atomic E-state index is 4.94. The third-order valence-electron chi connectivity index (χ3n) is 7.87. The van der Waals surface area contributed by atoms with Crippen LogP contribution >= 0.6 is 11.3 Å². The number of pyridine rings is 1. The molecule has 1 saturated heterocycles. The van der Waals surface area contributed by atoms with Gasteiger partial charge in [-0.2, -0.15) is 11.3 Å². The van der Waals surface area contributed by atoms with Gasteiger partial charge in [0, 0.05) is 49.8 Å². The lowest BCUT2D eigenvalue weighted by Crippen LogP contribution is -2.43. The average Bonchev–Trinajstić information content (AvgIpc) is 3.66. The van der Waals surface area contributed by atoms with Crippen LogP contribution in [-0.4, -0.2) is 41.6 Å². The van der Waals surface area contributed by atoms with Gasteiger partial charge in [-0.25, -0.2) is 0 Å². The van der Waals surface area contributed by atoms with Crippen LogP contribution in [0.2, 0.25) is 0 Å². The van der Waals surface area contributed by atoms with E-state index in [0.29, 0.717) is 11.0 Å². The van der Waals surface area contributed by atoms with Gasteiger partial charge in [0.15, 0.2) is 0 Å². The Morgan fingerprint density at radius 2 is 1.29 bits per heavy atom. The van der Waals surface area contributed by atoms with Gasteiger partial charge in [-0.1, -0.05) is 86.6 Å². The molecule has 0 N–H and O–H groups in total. The molecule has 3 aromatic heterocycles. The van der Waals surface area contributed by atoms with Crippen molar-refractivity contribution < 1.29 is 4.42 Å². The maximum atomic E-state index is 4.94. The maximum Gasteiger partial charge on any atom is 0.0939 e. The summed E-state index contributed by atoms with van der Waals surface area (Å²) in [5, 5.41) is 4.33. The quantitative estimate of drug-likeness (QED) is 0.209. The first-order valence-electron chi connectivity index (χ1n) is 16.4. The highest BCUT2D eigenvalue weighted by atomic mass is 32.1. The summed E-state index contributed by atoms with van der Waals surface area (Å²) in [6, 6.07) is 19.0. The number of furan rings is 1. The van der Waals surface area contributed by atoms with Crippen molar-refractivity contribution in [1.82, 2.24) is 9.88 Å². The summed E-state index contributed by atoms with van der Waals surface area (Å²) in [4.78, 5) is 9.15. The van der Waals surface area contributed by atoms with Crippen molar-refractivity contribution in [3.8, 4) is 0 Å². The third-order valence-corrected chi connectivity index (χ3v) is 8.55. The van der Waals surface area contributed by atoms with Crippen molar-refractivity contribution in [2.45, 2.75) is 111 Å². The minimum absolute atomic E-state index is 0.229. The molecule has 1 aromatic carbocycles. The van der Waals surface area contributed by atoms with Crippen LogP contribution in [0.4, 0.5) is 5.69 Å². The van der Waals surface area contributed by atoms with E-state index in [0.717, 1.165) is 6.54 Å². The summed E-state index contributed by atoms with van der Waals surface area (Å²) >= 11 is 1.77. The number of hydrogen-bond acceptors (Lipinski definition) is 5. The minimum Gasteiger partial charge on any atom is -0.472 e. The highest BCUT2D eigenvalue weighted by Gasteiger charge is 2.24. The molecule has 0 saturated carbocycles. The van der Waals surface area contributed by atoms with Crippen molar-refractivity contribution >= 4 is 17.0 Å². The van der Waals surface area contributed by atoms with E-state index < -0.39 is 0 Å². The number of benzene rings is 1. The summed E-state index contributed by atoms with van der Waals surface area (Å²) in [7, 11) is 0. The van der Waals surface area contributed by atoms with Gasteiger partial charge in [0.2, 0.25) is 0 Å². The van der Waals surface area contributed by atoms with Crippen LogP contribution in [0.1, 0.15) is 106 Å². The molecule has 0 atom stereocenters. The first-order valence-corrected chi connectivity index (χ1v) is 17.3. The lowest BCUT2D eigenvalue weighted by Gasteiger charge is -2.34. The van der Waals surface area contributed by atoms with Gasteiger partial charge in [0.25, 0.3) is 0 Å². The summed E-state index contributed by atoms with van der Waals surface area (Å²) in [5.41, 5.74) is 6.43. The first kappa shape index (κ1) is 38.3. The second-order valence-electron chi connectivity index (χ2n) is 15.8. The fourth-order valence-corrected chi connectivity index (χ4v) is 5.56. The minimum atomic E-state index is 0.229. The Morgan fingerprint density at radius 1 is 0.644 bits per heavy atom. The van der Waals surface area contributed by atoms with E-state index in [4.69, 9.17) is 4.42 Å². The second-order valence-corrected chi connectivity index (χ2v) is 16.6. The summed E-state index contributed by atoms with van der Waals surface area (Å²) < 4.78 is 4.94. The Labute approximate surface area is 279 Å². The van der Waals surface area contributed by atoms with Gasteiger partial charge in [0.05, 0.1) is 12.5 Å². The summed E-state index contributed by atoms with van der Waals surface area (Å²) in [5.74, 6) is 0. The summed E-state index contributed by atoms with van der Waals surface area (Å²) in [6.45, 7) is 31.4. The van der Waals surface area contributed by atoms with Crippen molar-refractivity contribution in [2.24, 2.45) is 0 Å². The molecular weight excluding hydrogens is 571 g/mol. The van der Waals surface area contributed by atoms with E-state index >= 15 is 0 Å². The van der Waals surface area contributed by atoms with Crippen molar-refractivity contribution in [1.29, 1.82) is 0 Å².